The third-order valence-corrected chi connectivity index (χ3v) is 2.94. The van der Waals surface area contributed by atoms with Crippen molar-refractivity contribution < 1.29 is 9.53 Å². The van der Waals surface area contributed by atoms with Gasteiger partial charge in [0.1, 0.15) is 0 Å². The minimum Gasteiger partial charge on any atom is -0.462 e. The molecule has 0 radical (unpaired) electrons. The molecule has 4 nitrogen and oxygen atoms in total. The molecule has 0 aliphatic rings. The highest BCUT2D eigenvalue weighted by Crippen LogP contribution is 2.33. The Morgan fingerprint density at radius 3 is 2.32 bits per heavy atom. The van der Waals surface area contributed by atoms with Gasteiger partial charge in [0.05, 0.1) is 27.8 Å². The fourth-order valence-corrected chi connectivity index (χ4v) is 2.20. The van der Waals surface area contributed by atoms with Gasteiger partial charge in [-0.3, -0.25) is 0 Å². The van der Waals surface area contributed by atoms with Gasteiger partial charge in [0.25, 0.3) is 0 Å². The number of hydrogen-bond donors (Lipinski definition) is 0. The lowest BCUT2D eigenvalue weighted by atomic mass is 10.1. The molecule has 1 aromatic heterocycles. The van der Waals surface area contributed by atoms with Gasteiger partial charge < -0.3 is 4.74 Å². The van der Waals surface area contributed by atoms with Gasteiger partial charge in [-0.05, 0) is 25.1 Å². The van der Waals surface area contributed by atoms with E-state index in [1.165, 1.54) is 12.1 Å². The fourth-order valence-electron chi connectivity index (χ4n) is 1.55. The van der Waals surface area contributed by atoms with Crippen LogP contribution in [-0.2, 0) is 4.74 Å². The van der Waals surface area contributed by atoms with Crippen LogP contribution in [0.15, 0.2) is 30.6 Å². The Bertz CT molecular complexity index is 580. The molecule has 1 aromatic carbocycles. The predicted molar refractivity (Wildman–Crippen MR) is 73.4 cm³/mol. The minimum atomic E-state index is -0.466. The largest absolute Gasteiger partial charge is 0.462 e. The first-order chi connectivity index (χ1) is 9.13. The number of carbonyl (C=O) groups is 1. The van der Waals surface area contributed by atoms with Crippen LogP contribution in [0, 0.1) is 0 Å². The lowest BCUT2D eigenvalue weighted by Crippen LogP contribution is -2.05. The minimum absolute atomic E-state index is 0.289. The SMILES string of the molecule is CCOC(=O)c1cc(Cl)c(-c2ncccn2)c(Cl)c1. The van der Waals surface area contributed by atoms with Crippen molar-refractivity contribution in [1.82, 2.24) is 9.97 Å². The van der Waals surface area contributed by atoms with Crippen molar-refractivity contribution in [2.45, 2.75) is 6.92 Å². The average molecular weight is 297 g/mol. The van der Waals surface area contributed by atoms with Crippen LogP contribution in [0.3, 0.4) is 0 Å². The van der Waals surface area contributed by atoms with Crippen LogP contribution in [-0.4, -0.2) is 22.5 Å². The van der Waals surface area contributed by atoms with E-state index in [-0.39, 0.29) is 6.61 Å². The topological polar surface area (TPSA) is 52.1 Å². The molecule has 98 valence electrons. The lowest BCUT2D eigenvalue weighted by Gasteiger charge is -2.08. The molecule has 0 saturated carbocycles. The molecule has 1 heterocycles. The molecule has 0 bridgehead atoms. The summed E-state index contributed by atoms with van der Waals surface area (Å²) in [5.74, 6) is -0.0558. The number of aromatic nitrogens is 2. The Kier molecular flexibility index (Phi) is 4.35. The average Bonchev–Trinajstić information content (AvgIpc) is 2.39. The van der Waals surface area contributed by atoms with Gasteiger partial charge in [0.15, 0.2) is 5.82 Å². The molecule has 0 unspecified atom stereocenters. The van der Waals surface area contributed by atoms with Gasteiger partial charge in [-0.2, -0.15) is 0 Å². The predicted octanol–water partition coefficient (Wildman–Crippen LogP) is 3.63. The van der Waals surface area contributed by atoms with Gasteiger partial charge in [0, 0.05) is 12.4 Å². The first-order valence-electron chi connectivity index (χ1n) is 5.57. The number of ether oxygens (including phenoxy) is 1. The van der Waals surface area contributed by atoms with Crippen molar-refractivity contribution in [2.75, 3.05) is 6.61 Å². The standard InChI is InChI=1S/C13H10Cl2N2O2/c1-2-19-13(18)8-6-9(14)11(10(15)7-8)12-16-4-3-5-17-12/h3-7H,2H2,1H3. The third kappa shape index (κ3) is 3.03. The lowest BCUT2D eigenvalue weighted by molar-refractivity contribution is 0.0526. The number of halogens is 2. The first-order valence-corrected chi connectivity index (χ1v) is 6.32. The molecule has 0 fully saturated rings. The van der Waals surface area contributed by atoms with E-state index in [1.807, 2.05) is 0 Å². The van der Waals surface area contributed by atoms with Crippen molar-refractivity contribution >= 4 is 29.2 Å². The summed E-state index contributed by atoms with van der Waals surface area (Å²) in [6.45, 7) is 2.02. The molecular weight excluding hydrogens is 287 g/mol. The Hall–Kier alpha value is -1.65. The number of nitrogens with zero attached hydrogens (tertiary/aromatic N) is 2. The molecule has 0 N–H and O–H groups in total. The van der Waals surface area contributed by atoms with E-state index in [0.29, 0.717) is 27.0 Å². The molecule has 0 aliphatic carbocycles. The Labute approximate surface area is 120 Å². The highest BCUT2D eigenvalue weighted by atomic mass is 35.5. The van der Waals surface area contributed by atoms with Gasteiger partial charge >= 0.3 is 5.97 Å². The number of benzene rings is 1. The number of esters is 1. The monoisotopic (exact) mass is 296 g/mol. The summed E-state index contributed by atoms with van der Waals surface area (Å²) < 4.78 is 4.90. The Balaban J connectivity index is 2.47. The van der Waals surface area contributed by atoms with Gasteiger partial charge in [0.2, 0.25) is 0 Å². The summed E-state index contributed by atoms with van der Waals surface area (Å²) in [5.41, 5.74) is 0.800. The molecule has 19 heavy (non-hydrogen) atoms. The maximum atomic E-state index is 11.6. The van der Waals surface area contributed by atoms with Gasteiger partial charge in [-0.1, -0.05) is 23.2 Å². The molecule has 0 saturated heterocycles. The van der Waals surface area contributed by atoms with Gasteiger partial charge in [-0.25, -0.2) is 14.8 Å². The smallest absolute Gasteiger partial charge is 0.338 e. The zero-order chi connectivity index (χ0) is 13.8. The van der Waals surface area contributed by atoms with E-state index < -0.39 is 5.97 Å². The maximum absolute atomic E-state index is 11.6. The summed E-state index contributed by atoms with van der Waals surface area (Å²) in [4.78, 5) is 19.8. The van der Waals surface area contributed by atoms with Crippen LogP contribution in [0.4, 0.5) is 0 Å². The molecule has 0 atom stereocenters. The molecule has 0 spiro atoms. The number of hydrogen-bond acceptors (Lipinski definition) is 4. The van der Waals surface area contributed by atoms with Crippen molar-refractivity contribution in [2.24, 2.45) is 0 Å². The summed E-state index contributed by atoms with van der Waals surface area (Å²) >= 11 is 12.3. The Morgan fingerprint density at radius 2 is 1.79 bits per heavy atom. The van der Waals surface area contributed by atoms with E-state index in [1.54, 1.807) is 25.4 Å². The van der Waals surface area contributed by atoms with Crippen LogP contribution in [0.25, 0.3) is 11.4 Å². The van der Waals surface area contributed by atoms with Crippen molar-refractivity contribution in [3.05, 3.63) is 46.2 Å². The number of carbonyl (C=O) groups excluding carboxylic acids is 1. The van der Waals surface area contributed by atoms with E-state index in [9.17, 15) is 4.79 Å². The zero-order valence-corrected chi connectivity index (χ0v) is 11.6. The number of rotatable bonds is 3. The second-order valence-corrected chi connectivity index (χ2v) is 4.42. The van der Waals surface area contributed by atoms with Crippen molar-refractivity contribution in [3.8, 4) is 11.4 Å². The zero-order valence-electron chi connectivity index (χ0n) is 10.1. The third-order valence-electron chi connectivity index (χ3n) is 2.34. The first kappa shape index (κ1) is 13.8. The highest BCUT2D eigenvalue weighted by Gasteiger charge is 2.16. The van der Waals surface area contributed by atoms with E-state index >= 15 is 0 Å². The van der Waals surface area contributed by atoms with E-state index in [2.05, 4.69) is 9.97 Å². The van der Waals surface area contributed by atoms with Crippen molar-refractivity contribution in [1.29, 1.82) is 0 Å². The van der Waals surface area contributed by atoms with E-state index in [0.717, 1.165) is 0 Å². The normalized spacial score (nSPS) is 10.3. The van der Waals surface area contributed by atoms with E-state index in [4.69, 9.17) is 27.9 Å². The highest BCUT2D eigenvalue weighted by molar-refractivity contribution is 6.39. The van der Waals surface area contributed by atoms with Crippen molar-refractivity contribution in [3.63, 3.8) is 0 Å². The van der Waals surface area contributed by atoms with Gasteiger partial charge in [-0.15, -0.1) is 0 Å². The second-order valence-electron chi connectivity index (χ2n) is 3.61. The maximum Gasteiger partial charge on any atom is 0.338 e. The van der Waals surface area contributed by atoms with Crippen LogP contribution < -0.4 is 0 Å². The summed E-state index contributed by atoms with van der Waals surface area (Å²) in [6, 6.07) is 4.69. The fraction of sp³-hybridized carbons (Fsp3) is 0.154. The summed E-state index contributed by atoms with van der Waals surface area (Å²) in [6.07, 6.45) is 3.18. The second kappa shape index (κ2) is 5.99. The molecule has 0 aliphatic heterocycles. The molecule has 2 rings (SSSR count). The van der Waals surface area contributed by atoms with Crippen LogP contribution in [0.5, 0.6) is 0 Å². The molecule has 0 amide bonds. The molecule has 6 heteroatoms. The Morgan fingerprint density at radius 1 is 1.21 bits per heavy atom. The molecule has 2 aromatic rings. The summed E-state index contributed by atoms with van der Waals surface area (Å²) in [7, 11) is 0. The quantitative estimate of drug-likeness (QED) is 0.812. The van der Waals surface area contributed by atoms with Crippen LogP contribution in [0.1, 0.15) is 17.3 Å². The van der Waals surface area contributed by atoms with Crippen LogP contribution in [0.2, 0.25) is 10.0 Å². The summed E-state index contributed by atoms with van der Waals surface area (Å²) in [5, 5.41) is 0.614. The van der Waals surface area contributed by atoms with Crippen LogP contribution >= 0.6 is 23.2 Å². The molecular formula is C13H10Cl2N2O2.